The Kier molecular flexibility index (Phi) is 12.6. The molecule has 0 spiro atoms. The highest BCUT2D eigenvalue weighted by Gasteiger charge is 2.50. The molecular formula is C44H56N8O5Si. The first kappa shape index (κ1) is 41.0. The number of amides is 1. The number of anilines is 2. The molecule has 1 aliphatic rings. The molecule has 6 aromatic rings. The molecule has 0 bridgehead atoms. The molecule has 7 rings (SSSR count). The topological polar surface area (TPSA) is 142 Å². The summed E-state index contributed by atoms with van der Waals surface area (Å²) in [5.74, 6) is 1.36. The van der Waals surface area contributed by atoms with Crippen LogP contribution in [0.2, 0.25) is 5.04 Å². The summed E-state index contributed by atoms with van der Waals surface area (Å²) >= 11 is 0. The number of methoxy groups -OCH3 is 2. The molecule has 3 aromatic carbocycles. The molecule has 306 valence electrons. The standard InChI is InChI=1S/C44H56N8O5Si/c1-8-9-22-51(23-24-56-58(44(3,4)5,35-16-12-10-13-17-35)36-18-14-11-15-19-36)41-39-37(47-42(48-41)49-43(53)55-7)29-52(50-39)28-32-21-20-31(40-38(32)46-30(2)57-40)27-45-33-25-34(26-33)54-6/h10-21,29,33-34,45H,8-9,22-28H2,1-7H3,(H,47,49,53). The number of aryl methyl sites for hydroxylation is 1. The van der Waals surface area contributed by atoms with Gasteiger partial charge in [0.05, 0.1) is 32.6 Å². The first-order valence-electron chi connectivity index (χ1n) is 20.3. The smallest absolute Gasteiger partial charge is 0.413 e. The number of ether oxygens (including phenoxy) is 2. The predicted molar refractivity (Wildman–Crippen MR) is 231 cm³/mol. The normalized spacial score (nSPS) is 15.8. The average molecular weight is 805 g/mol. The van der Waals surface area contributed by atoms with Crippen molar-refractivity contribution in [2.75, 3.05) is 44.1 Å². The first-order valence-corrected chi connectivity index (χ1v) is 22.2. The van der Waals surface area contributed by atoms with Crippen LogP contribution in [0.15, 0.2) is 83.4 Å². The number of unbranched alkanes of at least 4 members (excludes halogenated alkanes) is 1. The van der Waals surface area contributed by atoms with E-state index in [1.54, 1.807) is 7.11 Å². The highest BCUT2D eigenvalue weighted by molar-refractivity contribution is 6.99. The van der Waals surface area contributed by atoms with Crippen LogP contribution in [0.3, 0.4) is 0 Å². The van der Waals surface area contributed by atoms with Gasteiger partial charge in [-0.1, -0.05) is 107 Å². The summed E-state index contributed by atoms with van der Waals surface area (Å²) in [5, 5.41) is 13.7. The fraction of sp³-hybridized carbons (Fsp3) is 0.432. The number of carbonyl (C=O) groups excluding carboxylic acids is 1. The Morgan fingerprint density at radius 2 is 1.62 bits per heavy atom. The van der Waals surface area contributed by atoms with Gasteiger partial charge in [0.25, 0.3) is 8.32 Å². The van der Waals surface area contributed by atoms with Gasteiger partial charge in [-0.2, -0.15) is 10.1 Å². The van der Waals surface area contributed by atoms with Crippen molar-refractivity contribution in [1.29, 1.82) is 0 Å². The van der Waals surface area contributed by atoms with Gasteiger partial charge < -0.3 is 28.5 Å². The van der Waals surface area contributed by atoms with Crippen LogP contribution in [0.1, 0.15) is 70.4 Å². The van der Waals surface area contributed by atoms with Crippen LogP contribution < -0.4 is 25.9 Å². The Morgan fingerprint density at radius 3 is 2.26 bits per heavy atom. The minimum atomic E-state index is -2.79. The van der Waals surface area contributed by atoms with Crippen LogP contribution in [-0.2, 0) is 27.0 Å². The average Bonchev–Trinajstić information content (AvgIpc) is 3.80. The van der Waals surface area contributed by atoms with Gasteiger partial charge in [0.1, 0.15) is 11.0 Å². The van der Waals surface area contributed by atoms with E-state index in [0.29, 0.717) is 67.7 Å². The summed E-state index contributed by atoms with van der Waals surface area (Å²) in [6.45, 7) is 13.7. The van der Waals surface area contributed by atoms with E-state index in [9.17, 15) is 4.79 Å². The van der Waals surface area contributed by atoms with E-state index >= 15 is 0 Å². The molecule has 14 heteroatoms. The van der Waals surface area contributed by atoms with Gasteiger partial charge in [-0.15, -0.1) is 0 Å². The largest absolute Gasteiger partial charge is 0.453 e. The van der Waals surface area contributed by atoms with Crippen molar-refractivity contribution >= 4 is 58.7 Å². The van der Waals surface area contributed by atoms with Crippen LogP contribution in [0.4, 0.5) is 16.6 Å². The molecule has 0 atom stereocenters. The minimum Gasteiger partial charge on any atom is -0.453 e. The van der Waals surface area contributed by atoms with Gasteiger partial charge in [0, 0.05) is 50.8 Å². The lowest BCUT2D eigenvalue weighted by Crippen LogP contribution is -2.67. The van der Waals surface area contributed by atoms with Crippen molar-refractivity contribution in [3.8, 4) is 0 Å². The zero-order chi connectivity index (χ0) is 40.9. The van der Waals surface area contributed by atoms with Gasteiger partial charge in [-0.05, 0) is 34.7 Å². The molecule has 1 fully saturated rings. The number of nitrogens with zero attached hydrogens (tertiary/aromatic N) is 6. The Labute approximate surface area is 341 Å². The van der Waals surface area contributed by atoms with Gasteiger partial charge in [-0.3, -0.25) is 10.00 Å². The zero-order valence-electron chi connectivity index (χ0n) is 34.7. The molecule has 1 aliphatic carbocycles. The third kappa shape index (κ3) is 8.65. The van der Waals surface area contributed by atoms with E-state index in [1.165, 1.54) is 17.5 Å². The highest BCUT2D eigenvalue weighted by atomic mass is 28.4. The molecule has 1 amide bonds. The number of rotatable bonds is 17. The second-order valence-corrected chi connectivity index (χ2v) is 20.4. The van der Waals surface area contributed by atoms with Gasteiger partial charge in [0.15, 0.2) is 22.8 Å². The Bertz CT molecular complexity index is 2260. The summed E-state index contributed by atoms with van der Waals surface area (Å²) in [7, 11) is 0.294. The third-order valence-corrected chi connectivity index (χ3v) is 16.2. The molecule has 0 unspecified atom stereocenters. The summed E-state index contributed by atoms with van der Waals surface area (Å²) < 4.78 is 25.7. The maximum Gasteiger partial charge on any atom is 0.413 e. The Morgan fingerprint density at radius 1 is 0.931 bits per heavy atom. The van der Waals surface area contributed by atoms with Crippen LogP contribution in [0.5, 0.6) is 0 Å². The number of aromatic nitrogens is 5. The van der Waals surface area contributed by atoms with E-state index in [1.807, 2.05) is 17.8 Å². The molecule has 2 N–H and O–H groups in total. The number of hydrogen-bond acceptors (Lipinski definition) is 11. The highest BCUT2D eigenvalue weighted by Crippen LogP contribution is 2.37. The maximum absolute atomic E-state index is 12.5. The minimum absolute atomic E-state index is 0.137. The SMILES string of the molecule is CCCCN(CCO[Si](c1ccccc1)(c1ccccc1)C(C)(C)C)c1nc(NC(=O)OC)nc2cn(Cc3ccc(CNC4CC(OC)C4)c4oc(C)nc34)nc12. The fourth-order valence-electron chi connectivity index (χ4n) is 8.03. The summed E-state index contributed by atoms with van der Waals surface area (Å²) in [6, 6.07) is 25.9. The fourth-order valence-corrected chi connectivity index (χ4v) is 12.6. The van der Waals surface area contributed by atoms with Gasteiger partial charge in [-0.25, -0.2) is 14.8 Å². The summed E-state index contributed by atoms with van der Waals surface area (Å²) in [5.41, 5.74) is 4.83. The summed E-state index contributed by atoms with van der Waals surface area (Å²) in [4.78, 5) is 29.1. The van der Waals surface area contributed by atoms with E-state index in [-0.39, 0.29) is 11.0 Å². The second-order valence-electron chi connectivity index (χ2n) is 16.1. The number of fused-ring (bicyclic) bond motifs is 2. The Hall–Kier alpha value is -5.15. The molecule has 3 aromatic heterocycles. The van der Waals surface area contributed by atoms with E-state index in [0.717, 1.165) is 47.9 Å². The number of hydrogen-bond donors (Lipinski definition) is 2. The van der Waals surface area contributed by atoms with Crippen molar-refractivity contribution in [1.82, 2.24) is 30.0 Å². The maximum atomic E-state index is 12.5. The van der Waals surface area contributed by atoms with Crippen molar-refractivity contribution in [3.05, 3.63) is 96.0 Å². The molecule has 0 saturated heterocycles. The molecule has 13 nitrogen and oxygen atoms in total. The number of carbonyl (C=O) groups is 1. The number of nitrogens with one attached hydrogen (secondary N) is 2. The summed E-state index contributed by atoms with van der Waals surface area (Å²) in [6.07, 6.45) is 5.48. The van der Waals surface area contributed by atoms with E-state index in [2.05, 4.69) is 116 Å². The molecule has 0 radical (unpaired) electrons. The van der Waals surface area contributed by atoms with Crippen LogP contribution in [0, 0.1) is 6.92 Å². The number of oxazole rings is 1. The van der Waals surface area contributed by atoms with Crippen LogP contribution in [-0.4, -0.2) is 85.2 Å². The van der Waals surface area contributed by atoms with Crippen LogP contribution >= 0.6 is 0 Å². The second kappa shape index (κ2) is 17.8. The molecule has 1 saturated carbocycles. The molecule has 3 heterocycles. The molecular weight excluding hydrogens is 749 g/mol. The third-order valence-electron chi connectivity index (χ3n) is 11.1. The number of benzene rings is 3. The van der Waals surface area contributed by atoms with Crippen molar-refractivity contribution in [3.63, 3.8) is 0 Å². The van der Waals surface area contributed by atoms with Gasteiger partial charge in [0.2, 0.25) is 5.95 Å². The first-order chi connectivity index (χ1) is 28.0. The lowest BCUT2D eigenvalue weighted by Gasteiger charge is -2.43. The lowest BCUT2D eigenvalue weighted by atomic mass is 9.89. The predicted octanol–water partition coefficient (Wildman–Crippen LogP) is 6.95. The Balaban J connectivity index is 1.21. The molecule has 0 aliphatic heterocycles. The molecule has 58 heavy (non-hydrogen) atoms. The van der Waals surface area contributed by atoms with Crippen molar-refractivity contribution in [2.45, 2.75) is 90.6 Å². The van der Waals surface area contributed by atoms with E-state index < -0.39 is 14.4 Å². The zero-order valence-corrected chi connectivity index (χ0v) is 35.7. The lowest BCUT2D eigenvalue weighted by molar-refractivity contribution is 0.0170. The van der Waals surface area contributed by atoms with E-state index in [4.69, 9.17) is 38.4 Å². The van der Waals surface area contributed by atoms with Crippen molar-refractivity contribution in [2.24, 2.45) is 0 Å². The monoisotopic (exact) mass is 804 g/mol. The van der Waals surface area contributed by atoms with Crippen LogP contribution in [0.25, 0.3) is 22.1 Å². The van der Waals surface area contributed by atoms with Crippen molar-refractivity contribution < 1.29 is 23.1 Å². The quantitative estimate of drug-likeness (QED) is 0.0926. The van der Waals surface area contributed by atoms with Gasteiger partial charge >= 0.3 is 6.09 Å².